The largest absolute Gasteiger partial charge is 0.480 e. The monoisotopic (exact) mass is 642 g/mol. The number of hydrogen-bond donors (Lipinski definition) is 4. The van der Waals surface area contributed by atoms with Crippen molar-refractivity contribution in [1.29, 1.82) is 0 Å². The van der Waals surface area contributed by atoms with Crippen LogP contribution < -0.4 is 16.0 Å². The zero-order valence-electron chi connectivity index (χ0n) is 28.2. The van der Waals surface area contributed by atoms with Gasteiger partial charge in [0, 0.05) is 30.0 Å². The number of likely N-dealkylation sites (tertiary alicyclic amines) is 1. The molecule has 47 heavy (non-hydrogen) atoms. The van der Waals surface area contributed by atoms with E-state index in [1.54, 1.807) is 0 Å². The minimum atomic E-state index is -0.822. The number of rotatable bonds is 17. The molecule has 0 spiro atoms. The van der Waals surface area contributed by atoms with E-state index in [-0.39, 0.29) is 20.1 Å². The Morgan fingerprint density at radius 1 is 0.957 bits per heavy atom. The number of anilines is 1. The molecule has 1 heterocycles. The van der Waals surface area contributed by atoms with Gasteiger partial charge in [-0.1, -0.05) is 105 Å². The van der Waals surface area contributed by atoms with Crippen molar-refractivity contribution in [2.45, 2.75) is 85.7 Å². The first-order chi connectivity index (χ1) is 22.2. The molecule has 0 unspecified atom stereocenters. The lowest BCUT2D eigenvalue weighted by Crippen LogP contribution is -2.42. The van der Waals surface area contributed by atoms with Gasteiger partial charge in [-0.15, -0.1) is 0 Å². The lowest BCUT2D eigenvalue weighted by atomic mass is 9.83. The number of ether oxygens (including phenoxy) is 1. The fourth-order valence-electron chi connectivity index (χ4n) is 6.62. The van der Waals surface area contributed by atoms with Crippen LogP contribution in [-0.4, -0.2) is 55.1 Å². The third-order valence-corrected chi connectivity index (χ3v) is 8.87. The first-order valence-corrected chi connectivity index (χ1v) is 16.9. The summed E-state index contributed by atoms with van der Waals surface area (Å²) in [5, 5.41) is 20.1. The molecule has 0 amide bonds. The maximum atomic E-state index is 12.3. The Balaban J connectivity index is 0.00000600. The molecule has 0 aromatic heterocycles. The van der Waals surface area contributed by atoms with E-state index in [0.717, 1.165) is 60.2 Å². The molecule has 256 valence electrons. The molecule has 1 aliphatic heterocycles. The summed E-state index contributed by atoms with van der Waals surface area (Å²) in [6.45, 7) is 19.1. The number of carboxylic acid groups (broad SMARTS) is 1. The summed E-state index contributed by atoms with van der Waals surface area (Å²) in [7, 11) is 0. The summed E-state index contributed by atoms with van der Waals surface area (Å²) in [5.41, 5.74) is 9.24. The molecule has 1 saturated carbocycles. The minimum absolute atomic E-state index is 0. The summed E-state index contributed by atoms with van der Waals surface area (Å²) in [6.07, 6.45) is 12.0. The number of nitrogens with one attached hydrogen (secondary N) is 3. The summed E-state index contributed by atoms with van der Waals surface area (Å²) >= 11 is 0. The van der Waals surface area contributed by atoms with Gasteiger partial charge in [0.15, 0.2) is 0 Å². The molecule has 0 bridgehead atoms. The highest BCUT2D eigenvalue weighted by Gasteiger charge is 2.30. The van der Waals surface area contributed by atoms with E-state index in [2.05, 4.69) is 96.4 Å². The van der Waals surface area contributed by atoms with Gasteiger partial charge in [-0.2, -0.15) is 0 Å². The van der Waals surface area contributed by atoms with Crippen molar-refractivity contribution in [2.24, 2.45) is 5.92 Å². The second-order valence-corrected chi connectivity index (χ2v) is 13.1. The van der Waals surface area contributed by atoms with E-state index in [9.17, 15) is 9.90 Å². The van der Waals surface area contributed by atoms with E-state index >= 15 is 0 Å². The second-order valence-electron chi connectivity index (χ2n) is 13.1. The Bertz CT molecular complexity index is 1380. The van der Waals surface area contributed by atoms with E-state index < -0.39 is 12.0 Å². The SMILES string of the molecule is C.C=C(C)/C=C(C)\C=C(\C)CNCOCNc1cc(-c2ccc(CN3CCCC3)cc2)ccc1C(=C)N[C@H](C(=O)O)C1CCCCC1. The second kappa shape index (κ2) is 19.2. The van der Waals surface area contributed by atoms with E-state index in [4.69, 9.17) is 4.74 Å². The van der Waals surface area contributed by atoms with Crippen molar-refractivity contribution < 1.29 is 14.6 Å². The molecule has 2 aliphatic rings. The predicted octanol–water partition coefficient (Wildman–Crippen LogP) is 8.58. The van der Waals surface area contributed by atoms with E-state index in [1.165, 1.54) is 49.1 Å². The van der Waals surface area contributed by atoms with Crippen LogP contribution in [0.1, 0.15) is 84.3 Å². The Morgan fingerprint density at radius 3 is 2.30 bits per heavy atom. The van der Waals surface area contributed by atoms with Crippen LogP contribution in [-0.2, 0) is 16.1 Å². The van der Waals surface area contributed by atoms with Crippen molar-refractivity contribution in [3.8, 4) is 11.1 Å². The van der Waals surface area contributed by atoms with Crippen molar-refractivity contribution in [1.82, 2.24) is 15.5 Å². The van der Waals surface area contributed by atoms with Gasteiger partial charge in [-0.05, 0) is 88.2 Å². The quantitative estimate of drug-likeness (QED) is 0.0781. The molecule has 1 saturated heterocycles. The standard InChI is InChI=1S/C39H54N4O3.CH4/c1-28(2)21-29(3)22-30(4)24-40-26-46-27-41-37-23-35(33-15-13-32(14-16-33)25-43-19-9-10-20-43)17-18-36(37)31(5)42-38(39(44)45)34-11-7-6-8-12-34;/h13-18,21-23,34,38,40-42H,1,5-12,19-20,24-27H2,2-4H3,(H,44,45);1H4/b29-21-,30-22-;/t38-;/m0./s1. The lowest BCUT2D eigenvalue weighted by Gasteiger charge is -2.30. The summed E-state index contributed by atoms with van der Waals surface area (Å²) in [5.74, 6) is -0.720. The molecule has 1 atom stereocenters. The molecular weight excluding hydrogens is 584 g/mol. The number of benzene rings is 2. The van der Waals surface area contributed by atoms with Crippen LogP contribution in [0.5, 0.6) is 0 Å². The van der Waals surface area contributed by atoms with Gasteiger partial charge in [0.25, 0.3) is 0 Å². The molecule has 4 rings (SSSR count). The molecule has 1 aliphatic carbocycles. The zero-order chi connectivity index (χ0) is 32.9. The number of carbonyl (C=O) groups is 1. The highest BCUT2D eigenvalue weighted by atomic mass is 16.5. The smallest absolute Gasteiger partial charge is 0.326 e. The summed E-state index contributed by atoms with van der Waals surface area (Å²) in [6, 6.07) is 14.4. The van der Waals surface area contributed by atoms with E-state index in [1.807, 2.05) is 13.0 Å². The van der Waals surface area contributed by atoms with Crippen molar-refractivity contribution >= 4 is 17.4 Å². The number of carboxylic acids is 1. The fraction of sp³-hybridized carbons (Fsp3) is 0.475. The summed E-state index contributed by atoms with van der Waals surface area (Å²) < 4.78 is 5.90. The van der Waals surface area contributed by atoms with Crippen LogP contribution in [0.3, 0.4) is 0 Å². The molecule has 4 N–H and O–H groups in total. The van der Waals surface area contributed by atoms with Crippen LogP contribution in [0.2, 0.25) is 0 Å². The Labute approximate surface area is 283 Å². The van der Waals surface area contributed by atoms with Gasteiger partial charge in [-0.3, -0.25) is 10.2 Å². The van der Waals surface area contributed by atoms with Crippen LogP contribution in [0.15, 0.2) is 84.5 Å². The predicted molar refractivity (Wildman–Crippen MR) is 198 cm³/mol. The molecule has 0 radical (unpaired) electrons. The molecule has 7 heteroatoms. The van der Waals surface area contributed by atoms with Crippen LogP contribution >= 0.6 is 0 Å². The maximum absolute atomic E-state index is 12.3. The Kier molecular flexibility index (Phi) is 15.5. The van der Waals surface area contributed by atoms with Gasteiger partial charge >= 0.3 is 5.97 Å². The Hall–Kier alpha value is -3.65. The molecule has 2 aromatic rings. The van der Waals surface area contributed by atoms with Crippen LogP contribution in [0, 0.1) is 5.92 Å². The fourth-order valence-corrected chi connectivity index (χ4v) is 6.62. The van der Waals surface area contributed by atoms with Gasteiger partial charge in [0.1, 0.15) is 12.8 Å². The number of allylic oxidation sites excluding steroid dienone is 4. The van der Waals surface area contributed by atoms with Gasteiger partial charge in [0.05, 0.1) is 6.73 Å². The maximum Gasteiger partial charge on any atom is 0.326 e. The first kappa shape index (κ1) is 37.8. The van der Waals surface area contributed by atoms with Gasteiger partial charge < -0.3 is 20.5 Å². The van der Waals surface area contributed by atoms with Crippen molar-refractivity contribution in [3.05, 3.63) is 95.6 Å². The highest BCUT2D eigenvalue weighted by molar-refractivity contribution is 5.82. The van der Waals surface area contributed by atoms with Crippen LogP contribution in [0.25, 0.3) is 16.8 Å². The van der Waals surface area contributed by atoms with Crippen molar-refractivity contribution in [3.63, 3.8) is 0 Å². The third kappa shape index (κ3) is 12.1. The average molecular weight is 643 g/mol. The molecule has 2 fully saturated rings. The molecular formula is C40H58N4O3. The first-order valence-electron chi connectivity index (χ1n) is 16.9. The van der Waals surface area contributed by atoms with Crippen LogP contribution in [0.4, 0.5) is 5.69 Å². The summed E-state index contributed by atoms with van der Waals surface area (Å²) in [4.78, 5) is 14.8. The number of hydrogen-bond acceptors (Lipinski definition) is 6. The average Bonchev–Trinajstić information content (AvgIpc) is 3.54. The Morgan fingerprint density at radius 2 is 1.64 bits per heavy atom. The van der Waals surface area contributed by atoms with E-state index in [0.29, 0.717) is 19.0 Å². The topological polar surface area (TPSA) is 85.9 Å². The number of nitrogens with zero attached hydrogens (tertiary/aromatic N) is 1. The zero-order valence-corrected chi connectivity index (χ0v) is 28.2. The van der Waals surface area contributed by atoms with Gasteiger partial charge in [0.2, 0.25) is 0 Å². The normalized spacial score (nSPS) is 16.7. The van der Waals surface area contributed by atoms with Gasteiger partial charge in [-0.25, -0.2) is 4.79 Å². The number of aliphatic carboxylic acids is 1. The van der Waals surface area contributed by atoms with Crippen molar-refractivity contribution in [2.75, 3.05) is 38.4 Å². The molecule has 7 nitrogen and oxygen atoms in total. The lowest BCUT2D eigenvalue weighted by molar-refractivity contribution is -0.140. The molecule has 2 aromatic carbocycles. The minimum Gasteiger partial charge on any atom is -0.480 e. The highest BCUT2D eigenvalue weighted by Crippen LogP contribution is 2.32. The third-order valence-electron chi connectivity index (χ3n) is 8.87.